The number of aromatic nitrogens is 1. The number of hydrogen-bond acceptors (Lipinski definition) is 4. The van der Waals surface area contributed by atoms with Crippen LogP contribution in [0.15, 0.2) is 162 Å². The van der Waals surface area contributed by atoms with Crippen molar-refractivity contribution in [3.05, 3.63) is 174 Å². The molecule has 0 bridgehead atoms. The van der Waals surface area contributed by atoms with E-state index in [1.807, 2.05) is 36.4 Å². The molecule has 0 atom stereocenters. The maximum atomic E-state index is 6.65. The van der Waals surface area contributed by atoms with Gasteiger partial charge in [0.1, 0.15) is 11.2 Å². The van der Waals surface area contributed by atoms with Crippen LogP contribution in [0.1, 0.15) is 16.7 Å². The number of benzene rings is 6. The van der Waals surface area contributed by atoms with Crippen LogP contribution in [0.2, 0.25) is 0 Å². The SMILES string of the molecule is N/C(=C\C(=C/Cc1ccccc1)c1ccc2oc3ccc(-n4c5ccccc5c5ccccc54)cc3c2c1)c1ccccc1.NS. The number of fused-ring (bicyclic) bond motifs is 6. The number of hydrogen-bond donors (Lipinski definition) is 3. The van der Waals surface area contributed by atoms with E-state index in [1.54, 1.807) is 0 Å². The number of nitrogens with zero attached hydrogens (tertiary/aromatic N) is 1. The predicted molar refractivity (Wildman–Crippen MR) is 198 cm³/mol. The lowest BCUT2D eigenvalue weighted by Gasteiger charge is -2.09. The van der Waals surface area contributed by atoms with Gasteiger partial charge in [0.05, 0.1) is 11.0 Å². The smallest absolute Gasteiger partial charge is 0.135 e. The average Bonchev–Trinajstić information content (AvgIpc) is 3.66. The number of nitrogens with two attached hydrogens (primary N) is 2. The molecule has 2 heterocycles. The van der Waals surface area contributed by atoms with Crippen molar-refractivity contribution >= 4 is 67.8 Å². The molecule has 0 unspecified atom stereocenters. The molecule has 0 saturated carbocycles. The summed E-state index contributed by atoms with van der Waals surface area (Å²) in [5.74, 6) is 0. The number of thiol groups is 1. The molecule has 8 rings (SSSR count). The maximum absolute atomic E-state index is 6.65. The molecule has 0 aliphatic rings. The van der Waals surface area contributed by atoms with Gasteiger partial charge in [-0.15, -0.1) is 12.8 Å². The highest BCUT2D eigenvalue weighted by Crippen LogP contribution is 2.36. The van der Waals surface area contributed by atoms with Crippen molar-refractivity contribution in [3.63, 3.8) is 0 Å². The van der Waals surface area contributed by atoms with E-state index in [-0.39, 0.29) is 0 Å². The van der Waals surface area contributed by atoms with Gasteiger partial charge in [-0.05, 0) is 77.2 Å². The van der Waals surface area contributed by atoms with Crippen LogP contribution in [0.3, 0.4) is 0 Å². The molecule has 0 radical (unpaired) electrons. The molecule has 0 aliphatic carbocycles. The van der Waals surface area contributed by atoms with Crippen molar-refractivity contribution in [2.45, 2.75) is 6.42 Å². The second-order valence-corrected chi connectivity index (χ2v) is 11.2. The third-order valence-electron chi connectivity index (χ3n) is 8.44. The lowest BCUT2D eigenvalue weighted by Crippen LogP contribution is -1.97. The van der Waals surface area contributed by atoms with Gasteiger partial charge in [-0.3, -0.25) is 5.14 Å². The monoisotopic (exact) mass is 615 g/mol. The molecule has 4 nitrogen and oxygen atoms in total. The fourth-order valence-corrected chi connectivity index (χ4v) is 6.27. The maximum Gasteiger partial charge on any atom is 0.135 e. The van der Waals surface area contributed by atoms with Gasteiger partial charge in [0.2, 0.25) is 0 Å². The van der Waals surface area contributed by atoms with E-state index in [4.69, 9.17) is 10.2 Å². The number of allylic oxidation sites excluding steroid dienone is 3. The minimum absolute atomic E-state index is 0.732. The highest BCUT2D eigenvalue weighted by atomic mass is 32.1. The Bertz CT molecular complexity index is 2310. The summed E-state index contributed by atoms with van der Waals surface area (Å²) < 4.78 is 8.69. The van der Waals surface area contributed by atoms with Gasteiger partial charge >= 0.3 is 0 Å². The van der Waals surface area contributed by atoms with E-state index in [2.05, 4.69) is 144 Å². The topological polar surface area (TPSA) is 70.1 Å². The Labute approximate surface area is 273 Å². The summed E-state index contributed by atoms with van der Waals surface area (Å²) in [6.45, 7) is 0. The van der Waals surface area contributed by atoms with Crippen LogP contribution in [-0.4, -0.2) is 4.57 Å². The molecule has 0 fully saturated rings. The Kier molecular flexibility index (Phi) is 8.17. The van der Waals surface area contributed by atoms with E-state index in [9.17, 15) is 0 Å². The minimum Gasteiger partial charge on any atom is -0.456 e. The first-order valence-electron chi connectivity index (χ1n) is 15.2. The lowest BCUT2D eigenvalue weighted by atomic mass is 9.98. The normalized spacial score (nSPS) is 12.1. The summed E-state index contributed by atoms with van der Waals surface area (Å²) in [4.78, 5) is 0. The Balaban J connectivity index is 0.00000166. The molecule has 224 valence electrons. The van der Waals surface area contributed by atoms with Crippen molar-refractivity contribution in [1.29, 1.82) is 0 Å². The van der Waals surface area contributed by atoms with Gasteiger partial charge in [0.15, 0.2) is 0 Å². The van der Waals surface area contributed by atoms with Crippen LogP contribution in [-0.2, 0) is 6.42 Å². The number of furan rings is 1. The minimum atomic E-state index is 0.732. The van der Waals surface area contributed by atoms with E-state index in [0.29, 0.717) is 0 Å². The molecule has 0 aliphatic heterocycles. The first-order valence-corrected chi connectivity index (χ1v) is 15.7. The lowest BCUT2D eigenvalue weighted by molar-refractivity contribution is 0.669. The fraction of sp³-hybridized carbons (Fsp3) is 0.0244. The first kappa shape index (κ1) is 29.2. The van der Waals surface area contributed by atoms with Crippen molar-refractivity contribution in [3.8, 4) is 5.69 Å². The predicted octanol–water partition coefficient (Wildman–Crippen LogP) is 10.1. The third kappa shape index (κ3) is 5.47. The van der Waals surface area contributed by atoms with Crippen LogP contribution >= 0.6 is 12.8 Å². The average molecular weight is 616 g/mol. The van der Waals surface area contributed by atoms with Gasteiger partial charge in [0.25, 0.3) is 0 Å². The van der Waals surface area contributed by atoms with E-state index < -0.39 is 0 Å². The van der Waals surface area contributed by atoms with Crippen LogP contribution < -0.4 is 10.9 Å². The summed E-state index contributed by atoms with van der Waals surface area (Å²) in [5, 5.41) is 8.86. The Morgan fingerprint density at radius 2 is 1.15 bits per heavy atom. The first-order chi connectivity index (χ1) is 22.7. The molecule has 0 saturated heterocycles. The zero-order valence-corrected chi connectivity index (χ0v) is 26.1. The summed E-state index contributed by atoms with van der Waals surface area (Å²) in [7, 11) is 0. The van der Waals surface area contributed by atoms with Gasteiger partial charge in [-0.2, -0.15) is 0 Å². The zero-order chi connectivity index (χ0) is 31.5. The Morgan fingerprint density at radius 3 is 1.83 bits per heavy atom. The molecular formula is C41H33N3OS. The van der Waals surface area contributed by atoms with Crippen molar-refractivity contribution in [1.82, 2.24) is 4.57 Å². The second-order valence-electron chi connectivity index (χ2n) is 11.2. The van der Waals surface area contributed by atoms with Gasteiger partial charge < -0.3 is 14.7 Å². The Hall–Kier alpha value is -5.49. The van der Waals surface area contributed by atoms with Crippen molar-refractivity contribution in [2.75, 3.05) is 0 Å². The van der Waals surface area contributed by atoms with Gasteiger partial charge in [-0.1, -0.05) is 109 Å². The van der Waals surface area contributed by atoms with E-state index >= 15 is 0 Å². The molecule has 4 N–H and O–H groups in total. The standard InChI is InChI=1S/C41H30N2O.H3NS/c42-37(29-13-5-2-6-14-29)26-31(20-19-28-11-3-1-4-12-28)30-21-23-40-35(25-30)36-27-32(22-24-41(36)44-40)43-38-17-9-7-15-33(38)34-16-8-10-18-39(34)43;1-2/h1-18,20-27H,19,42H2;2H,1H2/b31-20+,37-26-;. The second kappa shape index (κ2) is 12.9. The van der Waals surface area contributed by atoms with Gasteiger partial charge in [-0.25, -0.2) is 0 Å². The summed E-state index contributed by atoms with van der Waals surface area (Å²) in [5.41, 5.74) is 17.0. The highest BCUT2D eigenvalue weighted by Gasteiger charge is 2.15. The van der Waals surface area contributed by atoms with Crippen LogP contribution in [0.4, 0.5) is 0 Å². The molecule has 46 heavy (non-hydrogen) atoms. The third-order valence-corrected chi connectivity index (χ3v) is 8.44. The number of rotatable bonds is 6. The molecule has 6 aromatic carbocycles. The molecule has 8 aromatic rings. The molecular weight excluding hydrogens is 583 g/mol. The van der Waals surface area contributed by atoms with E-state index in [1.165, 1.54) is 27.4 Å². The summed E-state index contributed by atoms with van der Waals surface area (Å²) in [6, 6.07) is 50.8. The van der Waals surface area contributed by atoms with Crippen molar-refractivity contribution in [2.24, 2.45) is 10.9 Å². The zero-order valence-electron chi connectivity index (χ0n) is 25.2. The summed E-state index contributed by atoms with van der Waals surface area (Å²) in [6.07, 6.45) is 5.15. The van der Waals surface area contributed by atoms with Crippen LogP contribution in [0.25, 0.3) is 60.7 Å². The fourth-order valence-electron chi connectivity index (χ4n) is 6.27. The van der Waals surface area contributed by atoms with Crippen LogP contribution in [0.5, 0.6) is 0 Å². The quantitative estimate of drug-likeness (QED) is 0.129. The number of para-hydroxylation sites is 2. The molecule has 0 amide bonds. The summed E-state index contributed by atoms with van der Waals surface area (Å²) >= 11 is 3.03. The Morgan fingerprint density at radius 1 is 0.587 bits per heavy atom. The van der Waals surface area contributed by atoms with Crippen molar-refractivity contribution < 1.29 is 4.42 Å². The molecule has 5 heteroatoms. The van der Waals surface area contributed by atoms with Gasteiger partial charge in [0, 0.05) is 32.9 Å². The molecule has 2 aromatic heterocycles. The largest absolute Gasteiger partial charge is 0.456 e. The highest BCUT2D eigenvalue weighted by molar-refractivity contribution is 7.77. The van der Waals surface area contributed by atoms with E-state index in [0.717, 1.165) is 56.4 Å². The van der Waals surface area contributed by atoms with Crippen LogP contribution in [0, 0.1) is 0 Å². The molecule has 0 spiro atoms.